The molecule has 10 heteroatoms. The van der Waals surface area contributed by atoms with Gasteiger partial charge in [0.15, 0.2) is 11.5 Å². The van der Waals surface area contributed by atoms with E-state index in [2.05, 4.69) is 20.9 Å². The number of hydrogen-bond donors (Lipinski definition) is 2. The van der Waals surface area contributed by atoms with Gasteiger partial charge < -0.3 is 14.8 Å². The summed E-state index contributed by atoms with van der Waals surface area (Å²) < 4.78 is 12.0. The highest BCUT2D eigenvalue weighted by Crippen LogP contribution is 2.34. The van der Waals surface area contributed by atoms with Crippen LogP contribution in [0.1, 0.15) is 11.3 Å². The minimum atomic E-state index is -0.937. The van der Waals surface area contributed by atoms with Crippen LogP contribution in [0, 0.1) is 6.92 Å². The van der Waals surface area contributed by atoms with Crippen molar-refractivity contribution in [1.82, 2.24) is 15.2 Å². The highest BCUT2D eigenvalue weighted by Gasteiger charge is 2.18. The van der Waals surface area contributed by atoms with Gasteiger partial charge in [-0.3, -0.25) is 9.59 Å². The number of aromatic nitrogens is 2. The maximum absolute atomic E-state index is 12.1. The Bertz CT molecular complexity index is 1140. The molecule has 0 aliphatic carbocycles. The number of nitrogens with one attached hydrogen (secondary N) is 2. The van der Waals surface area contributed by atoms with Crippen molar-refractivity contribution < 1.29 is 19.1 Å². The number of amides is 2. The number of ether oxygens (including phenoxy) is 2. The minimum Gasteiger partial charge on any atom is -0.454 e. The second-order valence-corrected chi connectivity index (χ2v) is 6.62. The molecule has 0 saturated heterocycles. The first kappa shape index (κ1) is 19.5. The zero-order valence-corrected chi connectivity index (χ0v) is 16.5. The van der Waals surface area contributed by atoms with E-state index in [1.54, 1.807) is 29.8 Å². The van der Waals surface area contributed by atoms with Crippen molar-refractivity contribution in [2.24, 2.45) is 5.10 Å². The summed E-state index contributed by atoms with van der Waals surface area (Å²) in [6, 6.07) is 14.2. The molecule has 0 unspecified atom stereocenters. The highest BCUT2D eigenvalue weighted by atomic mass is 35.5. The second-order valence-electron chi connectivity index (χ2n) is 6.26. The molecule has 2 amide bonds. The van der Waals surface area contributed by atoms with E-state index >= 15 is 0 Å². The fourth-order valence-electron chi connectivity index (χ4n) is 2.77. The first-order valence-electron chi connectivity index (χ1n) is 8.87. The van der Waals surface area contributed by atoms with Crippen LogP contribution in [-0.2, 0) is 9.59 Å². The van der Waals surface area contributed by atoms with Crippen LogP contribution >= 0.6 is 11.6 Å². The van der Waals surface area contributed by atoms with Crippen molar-refractivity contribution in [1.29, 1.82) is 0 Å². The summed E-state index contributed by atoms with van der Waals surface area (Å²) in [6.45, 7) is 1.88. The quantitative estimate of drug-likeness (QED) is 0.379. The van der Waals surface area contributed by atoms with Crippen LogP contribution in [0.15, 0.2) is 53.6 Å². The van der Waals surface area contributed by atoms with Crippen LogP contribution in [0.25, 0.3) is 5.69 Å². The number of carbonyl (C=O) groups is 2. The number of carbonyl (C=O) groups excluding carboxylic acids is 2. The molecule has 0 bridgehead atoms. The summed E-state index contributed by atoms with van der Waals surface area (Å²) in [5, 5.41) is 11.0. The molecule has 1 aromatic heterocycles. The van der Waals surface area contributed by atoms with Gasteiger partial charge in [0.1, 0.15) is 5.15 Å². The zero-order valence-electron chi connectivity index (χ0n) is 15.8. The van der Waals surface area contributed by atoms with Crippen molar-refractivity contribution in [3.05, 3.63) is 64.9 Å². The Morgan fingerprint density at radius 2 is 1.90 bits per heavy atom. The first-order chi connectivity index (χ1) is 14.5. The van der Waals surface area contributed by atoms with Gasteiger partial charge in [-0.1, -0.05) is 29.8 Å². The number of halogens is 1. The molecular weight excluding hydrogens is 410 g/mol. The first-order valence-corrected chi connectivity index (χ1v) is 9.25. The third kappa shape index (κ3) is 3.96. The Morgan fingerprint density at radius 3 is 2.70 bits per heavy atom. The van der Waals surface area contributed by atoms with Crippen LogP contribution in [0.4, 0.5) is 5.69 Å². The van der Waals surface area contributed by atoms with E-state index in [1.807, 2.05) is 30.3 Å². The molecule has 1 aliphatic rings. The minimum absolute atomic E-state index is 0.116. The van der Waals surface area contributed by atoms with E-state index in [1.165, 1.54) is 6.21 Å². The van der Waals surface area contributed by atoms with E-state index in [4.69, 9.17) is 21.1 Å². The van der Waals surface area contributed by atoms with Gasteiger partial charge in [0, 0.05) is 11.8 Å². The summed E-state index contributed by atoms with van der Waals surface area (Å²) in [4.78, 5) is 24.1. The van der Waals surface area contributed by atoms with Crippen LogP contribution in [0.5, 0.6) is 11.5 Å². The lowest BCUT2D eigenvalue weighted by Gasteiger charge is -2.05. The summed E-state index contributed by atoms with van der Waals surface area (Å²) in [7, 11) is 0. The fourth-order valence-corrected chi connectivity index (χ4v) is 3.09. The lowest BCUT2D eigenvalue weighted by Crippen LogP contribution is -2.32. The van der Waals surface area contributed by atoms with Gasteiger partial charge in [-0.15, -0.1) is 0 Å². The number of benzene rings is 2. The van der Waals surface area contributed by atoms with E-state index in [0.717, 1.165) is 5.69 Å². The van der Waals surface area contributed by atoms with Crippen LogP contribution in [0.2, 0.25) is 5.15 Å². The second kappa shape index (κ2) is 8.26. The summed E-state index contributed by atoms with van der Waals surface area (Å²) >= 11 is 6.39. The number of nitrogens with zero attached hydrogens (tertiary/aromatic N) is 3. The lowest BCUT2D eigenvalue weighted by atomic mass is 10.3. The highest BCUT2D eigenvalue weighted by molar-refractivity contribution is 6.39. The van der Waals surface area contributed by atoms with Crippen molar-refractivity contribution >= 4 is 35.3 Å². The monoisotopic (exact) mass is 425 g/mol. The van der Waals surface area contributed by atoms with Crippen molar-refractivity contribution in [3.63, 3.8) is 0 Å². The molecule has 4 rings (SSSR count). The molecule has 2 N–H and O–H groups in total. The molecule has 0 radical (unpaired) electrons. The van der Waals surface area contributed by atoms with E-state index < -0.39 is 11.8 Å². The molecule has 0 atom stereocenters. The third-order valence-electron chi connectivity index (χ3n) is 4.25. The predicted molar refractivity (Wildman–Crippen MR) is 110 cm³/mol. The molecule has 9 nitrogen and oxygen atoms in total. The lowest BCUT2D eigenvalue weighted by molar-refractivity contribution is -0.136. The van der Waals surface area contributed by atoms with Gasteiger partial charge in [-0.05, 0) is 31.2 Å². The van der Waals surface area contributed by atoms with Gasteiger partial charge in [-0.2, -0.15) is 10.2 Å². The number of anilines is 1. The predicted octanol–water partition coefficient (Wildman–Crippen LogP) is 2.65. The molecule has 30 heavy (non-hydrogen) atoms. The third-order valence-corrected chi connectivity index (χ3v) is 4.61. The van der Waals surface area contributed by atoms with E-state index in [9.17, 15) is 9.59 Å². The van der Waals surface area contributed by atoms with Crippen molar-refractivity contribution in [2.75, 3.05) is 12.1 Å². The van der Waals surface area contributed by atoms with Crippen LogP contribution in [0.3, 0.4) is 0 Å². The maximum atomic E-state index is 12.1. The molecule has 0 saturated carbocycles. The van der Waals surface area contributed by atoms with Gasteiger partial charge in [0.05, 0.1) is 23.2 Å². The molecule has 2 heterocycles. The Morgan fingerprint density at radius 1 is 1.13 bits per heavy atom. The Labute approximate surface area is 176 Å². The number of aryl methyl sites for hydroxylation is 1. The molecule has 2 aromatic carbocycles. The number of hydrogen-bond acceptors (Lipinski definition) is 6. The van der Waals surface area contributed by atoms with Gasteiger partial charge in [-0.25, -0.2) is 10.1 Å². The Balaban J connectivity index is 1.40. The molecule has 152 valence electrons. The average molecular weight is 426 g/mol. The zero-order chi connectivity index (χ0) is 21.1. The van der Waals surface area contributed by atoms with Gasteiger partial charge >= 0.3 is 11.8 Å². The molecule has 0 spiro atoms. The summed E-state index contributed by atoms with van der Waals surface area (Å²) in [5.41, 5.74) is 4.50. The van der Waals surface area contributed by atoms with Crippen molar-refractivity contribution in [2.45, 2.75) is 6.92 Å². The average Bonchev–Trinajstić information content (AvgIpc) is 3.33. The number of rotatable bonds is 4. The smallest absolute Gasteiger partial charge is 0.329 e. The molecular formula is C20H16ClN5O4. The van der Waals surface area contributed by atoms with Gasteiger partial charge in [0.25, 0.3) is 0 Å². The van der Waals surface area contributed by atoms with Crippen molar-refractivity contribution in [3.8, 4) is 17.2 Å². The molecule has 3 aromatic rings. The number of hydrazone groups is 1. The van der Waals surface area contributed by atoms with E-state index in [-0.39, 0.29) is 6.79 Å². The largest absolute Gasteiger partial charge is 0.454 e. The number of para-hydroxylation sites is 1. The Hall–Kier alpha value is -3.85. The fraction of sp³-hybridized carbons (Fsp3) is 0.100. The Kier molecular flexibility index (Phi) is 5.36. The molecule has 0 fully saturated rings. The summed E-state index contributed by atoms with van der Waals surface area (Å²) in [6.07, 6.45) is 1.34. The van der Waals surface area contributed by atoms with Crippen LogP contribution in [-0.4, -0.2) is 34.6 Å². The number of fused-ring (bicyclic) bond motifs is 1. The standard InChI is InChI=1S/C20H16ClN5O4/c1-12-15(18(21)26(25-12)14-5-3-2-4-6-14)10-22-24-20(28)19(27)23-13-7-8-16-17(9-13)30-11-29-16/h2-10H,11H2,1H3,(H,23,27)(H,24,28). The SMILES string of the molecule is Cc1nn(-c2ccccc2)c(Cl)c1C=NNC(=O)C(=O)Nc1ccc2c(c1)OCO2. The normalized spacial score (nSPS) is 12.2. The topological polar surface area (TPSA) is 107 Å². The van der Waals surface area contributed by atoms with E-state index in [0.29, 0.717) is 33.6 Å². The van der Waals surface area contributed by atoms with Crippen LogP contribution < -0.4 is 20.2 Å². The van der Waals surface area contributed by atoms with Gasteiger partial charge in [0.2, 0.25) is 6.79 Å². The maximum Gasteiger partial charge on any atom is 0.329 e. The summed E-state index contributed by atoms with van der Waals surface area (Å²) in [5.74, 6) is -0.751. The molecule has 1 aliphatic heterocycles.